The summed E-state index contributed by atoms with van der Waals surface area (Å²) < 4.78 is 5.72. The molecule has 0 spiro atoms. The van der Waals surface area contributed by atoms with E-state index in [0.29, 0.717) is 16.0 Å². The fraction of sp³-hybridized carbons (Fsp3) is 0.0769. The summed E-state index contributed by atoms with van der Waals surface area (Å²) in [6.45, 7) is -0.0197. The van der Waals surface area contributed by atoms with Gasteiger partial charge in [-0.05, 0) is 40.2 Å². The molecule has 0 unspecified atom stereocenters. The van der Waals surface area contributed by atoms with Gasteiger partial charge in [0.05, 0.1) is 11.4 Å². The number of hydrogen-bond donors (Lipinski definition) is 1. The van der Waals surface area contributed by atoms with Crippen molar-refractivity contribution in [3.63, 3.8) is 0 Å². The molecule has 19 heavy (non-hydrogen) atoms. The Morgan fingerprint density at radius 1 is 1.26 bits per heavy atom. The molecule has 0 aliphatic carbocycles. The zero-order chi connectivity index (χ0) is 13.4. The number of hydrogen-bond acceptors (Lipinski definition) is 3. The Kier molecular flexibility index (Phi) is 2.87. The first-order valence-corrected chi connectivity index (χ1v) is 6.40. The van der Waals surface area contributed by atoms with Gasteiger partial charge >= 0.3 is 0 Å². The van der Waals surface area contributed by atoms with Gasteiger partial charge in [-0.3, -0.25) is 14.5 Å². The third-order valence-corrected chi connectivity index (χ3v) is 3.23. The summed E-state index contributed by atoms with van der Waals surface area (Å²) in [6, 6.07) is 10.4. The van der Waals surface area contributed by atoms with Crippen LogP contribution in [0.15, 0.2) is 45.5 Å². The van der Waals surface area contributed by atoms with E-state index in [0.717, 1.165) is 0 Å². The quantitative estimate of drug-likeness (QED) is 0.878. The number of benzene rings is 1. The van der Waals surface area contributed by atoms with E-state index in [1.807, 2.05) is 6.07 Å². The summed E-state index contributed by atoms with van der Waals surface area (Å²) >= 11 is 3.15. The predicted octanol–water partition coefficient (Wildman–Crippen LogP) is 2.64. The van der Waals surface area contributed by atoms with Crippen LogP contribution in [-0.2, 0) is 4.79 Å². The zero-order valence-electron chi connectivity index (χ0n) is 9.72. The van der Waals surface area contributed by atoms with Crippen LogP contribution >= 0.6 is 15.9 Å². The molecule has 0 saturated carbocycles. The Labute approximate surface area is 117 Å². The Hall–Kier alpha value is -2.08. The van der Waals surface area contributed by atoms with E-state index in [2.05, 4.69) is 21.2 Å². The molecule has 3 rings (SSSR count). The average molecular weight is 321 g/mol. The van der Waals surface area contributed by atoms with Gasteiger partial charge in [0.25, 0.3) is 5.91 Å². The maximum atomic E-state index is 12.4. The van der Waals surface area contributed by atoms with Crippen LogP contribution in [0.5, 0.6) is 0 Å². The van der Waals surface area contributed by atoms with Crippen molar-refractivity contribution in [3.8, 4) is 0 Å². The average Bonchev–Trinajstić information content (AvgIpc) is 2.83. The molecule has 1 aromatic carbocycles. The van der Waals surface area contributed by atoms with E-state index in [4.69, 9.17) is 4.42 Å². The molecule has 1 N–H and O–H groups in total. The number of fused-ring (bicyclic) bond motifs is 1. The third-order valence-electron chi connectivity index (χ3n) is 2.80. The third kappa shape index (κ3) is 2.15. The highest BCUT2D eigenvalue weighted by Gasteiger charge is 2.28. The van der Waals surface area contributed by atoms with E-state index in [-0.39, 0.29) is 24.1 Å². The van der Waals surface area contributed by atoms with Gasteiger partial charge in [0, 0.05) is 0 Å². The highest BCUT2D eigenvalue weighted by Crippen LogP contribution is 2.30. The monoisotopic (exact) mass is 320 g/mol. The summed E-state index contributed by atoms with van der Waals surface area (Å²) in [5, 5.41) is 2.73. The minimum absolute atomic E-state index is 0.0197. The summed E-state index contributed by atoms with van der Waals surface area (Å²) in [5.41, 5.74) is 1.29. The molecule has 2 heterocycles. The van der Waals surface area contributed by atoms with Crippen molar-refractivity contribution in [3.05, 3.63) is 46.8 Å². The van der Waals surface area contributed by atoms with Crippen LogP contribution in [0.1, 0.15) is 10.6 Å². The standard InChI is InChI=1S/C13H9BrN2O3/c14-11-6-5-10(19-11)13(18)16-7-12(17)15-8-3-1-2-4-9(8)16/h1-6H,7H2,(H,15,17). The molecule has 96 valence electrons. The molecule has 0 bridgehead atoms. The van der Waals surface area contributed by atoms with Gasteiger partial charge in [0.2, 0.25) is 5.91 Å². The minimum Gasteiger partial charge on any atom is -0.444 e. The smallest absolute Gasteiger partial charge is 0.294 e. The van der Waals surface area contributed by atoms with Crippen molar-refractivity contribution in [2.75, 3.05) is 16.8 Å². The lowest BCUT2D eigenvalue weighted by Gasteiger charge is -2.28. The van der Waals surface area contributed by atoms with E-state index in [9.17, 15) is 9.59 Å². The number of anilines is 2. The number of para-hydroxylation sites is 2. The molecule has 0 radical (unpaired) electrons. The van der Waals surface area contributed by atoms with Crippen molar-refractivity contribution in [1.82, 2.24) is 0 Å². The molecular formula is C13H9BrN2O3. The highest BCUT2D eigenvalue weighted by molar-refractivity contribution is 9.10. The molecule has 1 aliphatic rings. The van der Waals surface area contributed by atoms with Gasteiger partial charge in [-0.15, -0.1) is 0 Å². The van der Waals surface area contributed by atoms with Gasteiger partial charge in [-0.1, -0.05) is 12.1 Å². The first kappa shape index (κ1) is 12.0. The first-order valence-electron chi connectivity index (χ1n) is 5.61. The summed E-state index contributed by atoms with van der Waals surface area (Å²) in [5.74, 6) is -0.373. The molecule has 2 aromatic rings. The Morgan fingerprint density at radius 2 is 2.05 bits per heavy atom. The van der Waals surface area contributed by atoms with Gasteiger partial charge in [0.1, 0.15) is 6.54 Å². The number of rotatable bonds is 1. The molecule has 0 saturated heterocycles. The van der Waals surface area contributed by atoms with Crippen LogP contribution in [0.4, 0.5) is 11.4 Å². The topological polar surface area (TPSA) is 62.6 Å². The number of nitrogens with one attached hydrogen (secondary N) is 1. The molecule has 0 fully saturated rings. The van der Waals surface area contributed by atoms with Crippen molar-refractivity contribution in [2.45, 2.75) is 0 Å². The number of amides is 2. The fourth-order valence-electron chi connectivity index (χ4n) is 1.98. The number of furan rings is 1. The highest BCUT2D eigenvalue weighted by atomic mass is 79.9. The van der Waals surface area contributed by atoms with E-state index in [1.165, 1.54) is 4.90 Å². The molecule has 1 aliphatic heterocycles. The second kappa shape index (κ2) is 4.55. The lowest BCUT2D eigenvalue weighted by molar-refractivity contribution is -0.115. The SMILES string of the molecule is O=C1CN(C(=O)c2ccc(Br)o2)c2ccccc2N1. The Morgan fingerprint density at radius 3 is 2.79 bits per heavy atom. The van der Waals surface area contributed by atoms with Crippen LogP contribution in [0.3, 0.4) is 0 Å². The van der Waals surface area contributed by atoms with Crippen LogP contribution < -0.4 is 10.2 Å². The predicted molar refractivity (Wildman–Crippen MR) is 73.2 cm³/mol. The van der Waals surface area contributed by atoms with E-state index >= 15 is 0 Å². The summed E-state index contributed by atoms with van der Waals surface area (Å²) in [4.78, 5) is 25.4. The summed E-state index contributed by atoms with van der Waals surface area (Å²) in [7, 11) is 0. The number of nitrogens with zero attached hydrogens (tertiary/aromatic N) is 1. The van der Waals surface area contributed by atoms with Crippen molar-refractivity contribution < 1.29 is 14.0 Å². The number of halogens is 1. The van der Waals surface area contributed by atoms with Crippen LogP contribution in [-0.4, -0.2) is 18.4 Å². The lowest BCUT2D eigenvalue weighted by atomic mass is 10.2. The van der Waals surface area contributed by atoms with Gasteiger partial charge in [-0.25, -0.2) is 0 Å². The van der Waals surface area contributed by atoms with Gasteiger partial charge < -0.3 is 9.73 Å². The molecular weight excluding hydrogens is 312 g/mol. The molecule has 6 heteroatoms. The number of carbonyl (C=O) groups is 2. The van der Waals surface area contributed by atoms with Crippen molar-refractivity contribution >= 4 is 39.1 Å². The van der Waals surface area contributed by atoms with E-state index in [1.54, 1.807) is 30.3 Å². The maximum Gasteiger partial charge on any atom is 0.294 e. The van der Waals surface area contributed by atoms with Crippen LogP contribution in [0, 0.1) is 0 Å². The molecule has 2 amide bonds. The van der Waals surface area contributed by atoms with Gasteiger partial charge in [-0.2, -0.15) is 0 Å². The van der Waals surface area contributed by atoms with Crippen molar-refractivity contribution in [2.24, 2.45) is 0 Å². The van der Waals surface area contributed by atoms with E-state index < -0.39 is 0 Å². The van der Waals surface area contributed by atoms with Gasteiger partial charge in [0.15, 0.2) is 10.4 Å². The molecule has 0 atom stereocenters. The lowest BCUT2D eigenvalue weighted by Crippen LogP contribution is -2.42. The fourth-order valence-corrected chi connectivity index (χ4v) is 2.28. The minimum atomic E-state index is -0.340. The van der Waals surface area contributed by atoms with Crippen molar-refractivity contribution in [1.29, 1.82) is 0 Å². The molecule has 1 aromatic heterocycles. The molecule has 5 nitrogen and oxygen atoms in total. The largest absolute Gasteiger partial charge is 0.444 e. The Balaban J connectivity index is 2.01. The zero-order valence-corrected chi connectivity index (χ0v) is 11.3. The second-order valence-electron chi connectivity index (χ2n) is 4.06. The normalized spacial score (nSPS) is 13.9. The summed E-state index contributed by atoms with van der Waals surface area (Å²) in [6.07, 6.45) is 0. The maximum absolute atomic E-state index is 12.4. The first-order chi connectivity index (χ1) is 9.15. The second-order valence-corrected chi connectivity index (χ2v) is 4.84. The Bertz CT molecular complexity index is 665. The van der Waals surface area contributed by atoms with Crippen LogP contribution in [0.25, 0.3) is 0 Å². The van der Waals surface area contributed by atoms with Crippen LogP contribution in [0.2, 0.25) is 0 Å². The number of carbonyl (C=O) groups excluding carboxylic acids is 2.